The summed E-state index contributed by atoms with van der Waals surface area (Å²) in [6.07, 6.45) is 1.72. The molecule has 1 N–H and O–H groups in total. The molecule has 1 aromatic carbocycles. The highest BCUT2D eigenvalue weighted by Gasteiger charge is 2.33. The molecule has 0 radical (unpaired) electrons. The number of nitrogens with zero attached hydrogens (tertiary/aromatic N) is 2. The minimum Gasteiger partial charge on any atom is -0.381 e. The van der Waals surface area contributed by atoms with Crippen molar-refractivity contribution in [2.45, 2.75) is 18.9 Å². The number of nitro groups is 1. The highest BCUT2D eigenvalue weighted by molar-refractivity contribution is 5.85. The molecule has 0 unspecified atom stereocenters. The zero-order chi connectivity index (χ0) is 16.2. The van der Waals surface area contributed by atoms with Crippen LogP contribution in [0.2, 0.25) is 0 Å². The van der Waals surface area contributed by atoms with E-state index in [0.717, 1.165) is 39.0 Å². The lowest BCUT2D eigenvalue weighted by molar-refractivity contribution is -0.385. The summed E-state index contributed by atoms with van der Waals surface area (Å²) in [4.78, 5) is 12.9. The third-order valence-corrected chi connectivity index (χ3v) is 4.77. The predicted molar refractivity (Wildman–Crippen MR) is 98.3 cm³/mol. The van der Waals surface area contributed by atoms with Gasteiger partial charge in [0.1, 0.15) is 5.82 Å². The Morgan fingerprint density at radius 2 is 1.88 bits per heavy atom. The quantitative estimate of drug-likeness (QED) is 0.626. The second kappa shape index (κ2) is 10.2. The van der Waals surface area contributed by atoms with E-state index < -0.39 is 4.92 Å². The predicted octanol–water partition coefficient (Wildman–Crippen LogP) is 2.95. The van der Waals surface area contributed by atoms with Crippen LogP contribution in [0.5, 0.6) is 0 Å². The van der Waals surface area contributed by atoms with E-state index in [2.05, 4.69) is 10.2 Å². The topological polar surface area (TPSA) is 67.6 Å². The number of rotatable bonds is 4. The maximum absolute atomic E-state index is 14.5. The lowest BCUT2D eigenvalue weighted by atomic mass is 9.85. The van der Waals surface area contributed by atoms with Crippen LogP contribution in [0.25, 0.3) is 0 Å². The van der Waals surface area contributed by atoms with E-state index in [0.29, 0.717) is 18.8 Å². The van der Waals surface area contributed by atoms with Gasteiger partial charge in [-0.3, -0.25) is 15.0 Å². The molecule has 1 atom stereocenters. The fourth-order valence-corrected chi connectivity index (χ4v) is 3.61. The van der Waals surface area contributed by atoms with Gasteiger partial charge in [-0.05, 0) is 24.8 Å². The molecule has 0 amide bonds. The standard InChI is InChI=1S/C16H22FN3O3.2ClH/c17-15-2-1-13(20(21)22)11-14(15)16(12-3-9-23-10-4-12)19-7-5-18-6-8-19;;/h1-2,11-12,16,18H,3-10H2;2*1H/t16-;;/m0../s1. The van der Waals surface area contributed by atoms with Crippen molar-refractivity contribution in [3.63, 3.8) is 0 Å². The second-order valence-electron chi connectivity index (χ2n) is 6.14. The van der Waals surface area contributed by atoms with Gasteiger partial charge in [0.15, 0.2) is 0 Å². The number of piperazine rings is 1. The van der Waals surface area contributed by atoms with Gasteiger partial charge in [-0.15, -0.1) is 24.8 Å². The van der Waals surface area contributed by atoms with Crippen LogP contribution < -0.4 is 5.32 Å². The number of hydrogen-bond donors (Lipinski definition) is 1. The number of benzene rings is 1. The van der Waals surface area contributed by atoms with Gasteiger partial charge in [0.25, 0.3) is 5.69 Å². The van der Waals surface area contributed by atoms with Crippen LogP contribution in [0, 0.1) is 21.8 Å². The summed E-state index contributed by atoms with van der Waals surface area (Å²) < 4.78 is 19.9. The van der Waals surface area contributed by atoms with Crippen LogP contribution in [-0.2, 0) is 4.74 Å². The molecule has 9 heteroatoms. The molecule has 2 saturated heterocycles. The summed E-state index contributed by atoms with van der Waals surface area (Å²) in [6.45, 7) is 4.70. The molecule has 6 nitrogen and oxygen atoms in total. The first-order valence-electron chi connectivity index (χ1n) is 8.13. The molecule has 0 aromatic heterocycles. The lowest BCUT2D eigenvalue weighted by Crippen LogP contribution is -2.47. The Morgan fingerprint density at radius 1 is 1.24 bits per heavy atom. The molecule has 2 aliphatic heterocycles. The summed E-state index contributed by atoms with van der Waals surface area (Å²) in [5.41, 5.74) is 0.404. The van der Waals surface area contributed by atoms with Gasteiger partial charge in [-0.25, -0.2) is 4.39 Å². The van der Waals surface area contributed by atoms with Crippen molar-refractivity contribution in [1.82, 2.24) is 10.2 Å². The molecule has 2 aliphatic rings. The van der Waals surface area contributed by atoms with E-state index in [1.807, 2.05) is 0 Å². The average molecular weight is 396 g/mol. The van der Waals surface area contributed by atoms with Gasteiger partial charge in [-0.2, -0.15) is 0 Å². The Balaban J connectivity index is 0.00000156. The zero-order valence-corrected chi connectivity index (χ0v) is 15.5. The highest BCUT2D eigenvalue weighted by atomic mass is 35.5. The minimum absolute atomic E-state index is 0. The SMILES string of the molecule is Cl.Cl.O=[N+]([O-])c1ccc(F)c([C@H](C2CCOCC2)N2CCNCC2)c1. The third-order valence-electron chi connectivity index (χ3n) is 4.77. The van der Waals surface area contributed by atoms with Crippen molar-refractivity contribution in [3.05, 3.63) is 39.7 Å². The normalized spacial score (nSPS) is 20.2. The molecule has 2 heterocycles. The van der Waals surface area contributed by atoms with Crippen LogP contribution in [0.15, 0.2) is 18.2 Å². The molecular formula is C16H24Cl2FN3O3. The van der Waals surface area contributed by atoms with Crippen molar-refractivity contribution in [1.29, 1.82) is 0 Å². The average Bonchev–Trinajstić information content (AvgIpc) is 2.58. The maximum atomic E-state index is 14.5. The number of nitro benzene ring substituents is 1. The molecule has 0 saturated carbocycles. The molecule has 3 rings (SSSR count). The summed E-state index contributed by atoms with van der Waals surface area (Å²) >= 11 is 0. The van der Waals surface area contributed by atoms with Gasteiger partial charge >= 0.3 is 0 Å². The van der Waals surface area contributed by atoms with E-state index in [9.17, 15) is 14.5 Å². The molecule has 25 heavy (non-hydrogen) atoms. The first kappa shape index (κ1) is 22.1. The third kappa shape index (κ3) is 5.24. The Hall–Kier alpha value is -0.990. The fourth-order valence-electron chi connectivity index (χ4n) is 3.61. The van der Waals surface area contributed by atoms with Gasteiger partial charge in [-0.1, -0.05) is 0 Å². The second-order valence-corrected chi connectivity index (χ2v) is 6.14. The molecule has 0 spiro atoms. The van der Waals surface area contributed by atoms with E-state index in [4.69, 9.17) is 4.74 Å². The maximum Gasteiger partial charge on any atom is 0.269 e. The Morgan fingerprint density at radius 3 is 2.48 bits per heavy atom. The number of nitrogens with one attached hydrogen (secondary N) is 1. The van der Waals surface area contributed by atoms with E-state index in [-0.39, 0.29) is 48.3 Å². The van der Waals surface area contributed by atoms with Crippen LogP contribution in [0.1, 0.15) is 24.4 Å². The molecular weight excluding hydrogens is 372 g/mol. The molecule has 1 aromatic rings. The number of non-ortho nitro benzene ring substituents is 1. The first-order chi connectivity index (χ1) is 11.2. The number of ether oxygens (including phenoxy) is 1. The Bertz CT molecular complexity index is 550. The van der Waals surface area contributed by atoms with Crippen molar-refractivity contribution >= 4 is 30.5 Å². The monoisotopic (exact) mass is 395 g/mol. The van der Waals surface area contributed by atoms with Gasteiger partial charge < -0.3 is 10.1 Å². The molecule has 2 fully saturated rings. The highest BCUT2D eigenvalue weighted by Crippen LogP contribution is 2.37. The van der Waals surface area contributed by atoms with Crippen LogP contribution in [-0.4, -0.2) is 49.2 Å². The van der Waals surface area contributed by atoms with Crippen LogP contribution in [0.3, 0.4) is 0 Å². The summed E-state index contributed by atoms with van der Waals surface area (Å²) in [5, 5.41) is 14.4. The van der Waals surface area contributed by atoms with Gasteiger partial charge in [0, 0.05) is 63.1 Å². The van der Waals surface area contributed by atoms with E-state index in [1.165, 1.54) is 18.2 Å². The smallest absolute Gasteiger partial charge is 0.269 e. The van der Waals surface area contributed by atoms with E-state index >= 15 is 0 Å². The summed E-state index contributed by atoms with van der Waals surface area (Å²) in [7, 11) is 0. The van der Waals surface area contributed by atoms with E-state index in [1.54, 1.807) is 0 Å². The van der Waals surface area contributed by atoms with Gasteiger partial charge in [0.2, 0.25) is 0 Å². The molecule has 0 aliphatic carbocycles. The number of hydrogen-bond acceptors (Lipinski definition) is 5. The molecule has 0 bridgehead atoms. The van der Waals surface area contributed by atoms with Gasteiger partial charge in [0.05, 0.1) is 4.92 Å². The zero-order valence-electron chi connectivity index (χ0n) is 13.9. The summed E-state index contributed by atoms with van der Waals surface area (Å²) in [5.74, 6) is -0.0935. The Labute approximate surface area is 159 Å². The minimum atomic E-state index is -0.457. The van der Waals surface area contributed by atoms with Crippen LogP contribution in [0.4, 0.5) is 10.1 Å². The summed E-state index contributed by atoms with van der Waals surface area (Å²) in [6, 6.07) is 3.75. The fraction of sp³-hybridized carbons (Fsp3) is 0.625. The number of halogens is 3. The van der Waals surface area contributed by atoms with Crippen molar-refractivity contribution in [2.75, 3.05) is 39.4 Å². The van der Waals surface area contributed by atoms with Crippen molar-refractivity contribution < 1.29 is 14.1 Å². The van der Waals surface area contributed by atoms with Crippen molar-refractivity contribution in [2.24, 2.45) is 5.92 Å². The van der Waals surface area contributed by atoms with Crippen LogP contribution >= 0.6 is 24.8 Å². The van der Waals surface area contributed by atoms with Crippen molar-refractivity contribution in [3.8, 4) is 0 Å². The molecule has 142 valence electrons. The largest absolute Gasteiger partial charge is 0.381 e. The lowest BCUT2D eigenvalue weighted by Gasteiger charge is -2.41. The first-order valence-corrected chi connectivity index (χ1v) is 8.13. The Kier molecular flexibility index (Phi) is 9.02.